The topological polar surface area (TPSA) is 91.9 Å². The third-order valence-electron chi connectivity index (χ3n) is 3.28. The second-order valence-corrected chi connectivity index (χ2v) is 5.28. The molecule has 1 heterocycles. The highest BCUT2D eigenvalue weighted by Crippen LogP contribution is 2.15. The number of rotatable bonds is 4. The number of benzene rings is 1. The van der Waals surface area contributed by atoms with E-state index in [0.29, 0.717) is 11.3 Å². The molecule has 0 aliphatic heterocycles. The van der Waals surface area contributed by atoms with Crippen LogP contribution in [0, 0.1) is 6.92 Å². The van der Waals surface area contributed by atoms with E-state index in [1.165, 1.54) is 13.0 Å². The molecule has 0 atom stereocenters. The molecule has 0 radical (unpaired) electrons. The van der Waals surface area contributed by atoms with Crippen molar-refractivity contribution in [3.63, 3.8) is 0 Å². The summed E-state index contributed by atoms with van der Waals surface area (Å²) in [7, 11) is 0. The Morgan fingerprint density at radius 3 is 2.54 bits per heavy atom. The number of carbonyl (C=O) groups excluding carboxylic acids is 1. The summed E-state index contributed by atoms with van der Waals surface area (Å²) in [6.45, 7) is 4.71. The Balaban J connectivity index is 2.17. The smallest absolute Gasteiger partial charge is 0.348 e. The second kappa shape index (κ2) is 7.41. The average Bonchev–Trinajstić information content (AvgIpc) is 2.52. The second-order valence-electron chi connectivity index (χ2n) is 5.28. The van der Waals surface area contributed by atoms with E-state index < -0.39 is 11.5 Å². The molecule has 2 aromatic rings. The summed E-state index contributed by atoms with van der Waals surface area (Å²) >= 11 is 0. The van der Waals surface area contributed by atoms with Crippen molar-refractivity contribution in [3.05, 3.63) is 69.3 Å². The Bertz CT molecular complexity index is 864. The van der Waals surface area contributed by atoms with Crippen LogP contribution >= 0.6 is 0 Å². The number of carbonyl (C=O) groups is 1. The third-order valence-corrected chi connectivity index (χ3v) is 3.28. The van der Waals surface area contributed by atoms with E-state index in [0.717, 1.165) is 5.56 Å². The van der Waals surface area contributed by atoms with E-state index in [9.17, 15) is 14.7 Å². The summed E-state index contributed by atoms with van der Waals surface area (Å²) in [5.74, 6) is -0.357. The predicted molar refractivity (Wildman–Crippen MR) is 91.8 cm³/mol. The Hall–Kier alpha value is -3.15. The zero-order valence-electron chi connectivity index (χ0n) is 13.7. The SMILES string of the molecule is CC(=NNC(=O)/C(C)=C/c1ccccc1)c1c(O)cc(C)oc1=O. The van der Waals surface area contributed by atoms with Crippen LogP contribution in [0.1, 0.15) is 30.7 Å². The fourth-order valence-electron chi connectivity index (χ4n) is 2.07. The minimum atomic E-state index is -0.709. The molecule has 0 aliphatic rings. The van der Waals surface area contributed by atoms with Crippen molar-refractivity contribution in [1.82, 2.24) is 5.43 Å². The first-order valence-electron chi connectivity index (χ1n) is 7.30. The number of hydrogen-bond donors (Lipinski definition) is 2. The molecule has 2 rings (SSSR count). The molecule has 0 aliphatic carbocycles. The van der Waals surface area contributed by atoms with E-state index in [4.69, 9.17) is 4.42 Å². The van der Waals surface area contributed by atoms with E-state index in [-0.39, 0.29) is 17.0 Å². The molecular formula is C18H18N2O4. The maximum atomic E-state index is 12.1. The van der Waals surface area contributed by atoms with Gasteiger partial charge in [0.25, 0.3) is 5.91 Å². The lowest BCUT2D eigenvalue weighted by molar-refractivity contribution is -0.117. The van der Waals surface area contributed by atoms with Crippen LogP contribution < -0.4 is 11.1 Å². The lowest BCUT2D eigenvalue weighted by Gasteiger charge is -2.05. The molecule has 6 nitrogen and oxygen atoms in total. The third kappa shape index (κ3) is 4.19. The van der Waals surface area contributed by atoms with Crippen LogP contribution in [0.25, 0.3) is 6.08 Å². The molecule has 0 spiro atoms. The lowest BCUT2D eigenvalue weighted by atomic mass is 10.1. The van der Waals surface area contributed by atoms with Crippen LogP contribution in [0.4, 0.5) is 0 Å². The highest BCUT2D eigenvalue weighted by Gasteiger charge is 2.13. The van der Waals surface area contributed by atoms with Crippen LogP contribution in [0.15, 0.2) is 56.3 Å². The summed E-state index contributed by atoms with van der Waals surface area (Å²) in [6.07, 6.45) is 1.72. The molecule has 24 heavy (non-hydrogen) atoms. The summed E-state index contributed by atoms with van der Waals surface area (Å²) in [5, 5.41) is 13.7. The average molecular weight is 326 g/mol. The van der Waals surface area contributed by atoms with Gasteiger partial charge in [0.05, 0.1) is 5.71 Å². The minimum Gasteiger partial charge on any atom is -0.507 e. The van der Waals surface area contributed by atoms with Crippen LogP contribution in [-0.4, -0.2) is 16.7 Å². The number of nitrogens with zero attached hydrogens (tertiary/aromatic N) is 1. The van der Waals surface area contributed by atoms with Crippen molar-refractivity contribution in [2.24, 2.45) is 5.10 Å². The van der Waals surface area contributed by atoms with Gasteiger partial charge in [0.1, 0.15) is 17.1 Å². The van der Waals surface area contributed by atoms with E-state index in [1.54, 1.807) is 19.9 Å². The zero-order valence-corrected chi connectivity index (χ0v) is 13.7. The Morgan fingerprint density at radius 2 is 1.92 bits per heavy atom. The number of nitrogens with one attached hydrogen (secondary N) is 1. The van der Waals surface area contributed by atoms with Gasteiger partial charge in [-0.2, -0.15) is 5.10 Å². The lowest BCUT2D eigenvalue weighted by Crippen LogP contribution is -2.22. The zero-order chi connectivity index (χ0) is 17.7. The normalized spacial score (nSPS) is 12.1. The maximum absolute atomic E-state index is 12.1. The van der Waals surface area contributed by atoms with Gasteiger partial charge in [0, 0.05) is 11.6 Å². The van der Waals surface area contributed by atoms with Gasteiger partial charge in [-0.3, -0.25) is 4.79 Å². The summed E-state index contributed by atoms with van der Waals surface area (Å²) in [4.78, 5) is 23.8. The van der Waals surface area contributed by atoms with Crippen LogP contribution in [0.2, 0.25) is 0 Å². The van der Waals surface area contributed by atoms with Crippen LogP contribution in [0.3, 0.4) is 0 Å². The van der Waals surface area contributed by atoms with Gasteiger partial charge in [0.2, 0.25) is 0 Å². The Labute approximate surface area is 139 Å². The largest absolute Gasteiger partial charge is 0.507 e. The highest BCUT2D eigenvalue weighted by molar-refractivity contribution is 6.02. The Kier molecular flexibility index (Phi) is 5.31. The molecule has 0 bridgehead atoms. The van der Waals surface area contributed by atoms with Gasteiger partial charge in [-0.1, -0.05) is 30.3 Å². The molecular weight excluding hydrogens is 308 g/mol. The molecule has 124 valence electrons. The molecule has 0 fully saturated rings. The maximum Gasteiger partial charge on any atom is 0.348 e. The Morgan fingerprint density at radius 1 is 1.25 bits per heavy atom. The van der Waals surface area contributed by atoms with Gasteiger partial charge in [-0.05, 0) is 32.4 Å². The molecule has 6 heteroatoms. The molecule has 0 saturated carbocycles. The van der Waals surface area contributed by atoms with E-state index >= 15 is 0 Å². The van der Waals surface area contributed by atoms with Crippen molar-refractivity contribution in [2.75, 3.05) is 0 Å². The van der Waals surface area contributed by atoms with Crippen molar-refractivity contribution < 1.29 is 14.3 Å². The minimum absolute atomic E-state index is 0.0782. The van der Waals surface area contributed by atoms with Gasteiger partial charge >= 0.3 is 5.63 Å². The van der Waals surface area contributed by atoms with Crippen LogP contribution in [-0.2, 0) is 4.79 Å². The van der Waals surface area contributed by atoms with Crippen molar-refractivity contribution in [2.45, 2.75) is 20.8 Å². The number of hydrazone groups is 1. The quantitative estimate of drug-likeness (QED) is 0.513. The van der Waals surface area contributed by atoms with Crippen LogP contribution in [0.5, 0.6) is 5.75 Å². The van der Waals surface area contributed by atoms with Crippen molar-refractivity contribution in [3.8, 4) is 5.75 Å². The molecule has 0 saturated heterocycles. The van der Waals surface area contributed by atoms with Gasteiger partial charge in [-0.15, -0.1) is 0 Å². The fourth-order valence-corrected chi connectivity index (χ4v) is 2.07. The fraction of sp³-hybridized carbons (Fsp3) is 0.167. The first-order chi connectivity index (χ1) is 11.4. The first kappa shape index (κ1) is 17.2. The number of aryl methyl sites for hydroxylation is 1. The summed E-state index contributed by atoms with van der Waals surface area (Å²) in [6, 6.07) is 10.7. The monoisotopic (exact) mass is 326 g/mol. The molecule has 1 amide bonds. The van der Waals surface area contributed by atoms with Crippen molar-refractivity contribution >= 4 is 17.7 Å². The molecule has 1 aromatic carbocycles. The molecule has 0 unspecified atom stereocenters. The first-order valence-corrected chi connectivity index (χ1v) is 7.30. The summed E-state index contributed by atoms with van der Waals surface area (Å²) < 4.78 is 4.92. The number of aromatic hydroxyl groups is 1. The molecule has 2 N–H and O–H groups in total. The van der Waals surface area contributed by atoms with Crippen molar-refractivity contribution in [1.29, 1.82) is 0 Å². The van der Waals surface area contributed by atoms with E-state index in [1.807, 2.05) is 30.3 Å². The number of hydrogen-bond acceptors (Lipinski definition) is 5. The highest BCUT2D eigenvalue weighted by atomic mass is 16.4. The summed E-state index contributed by atoms with van der Waals surface area (Å²) in [5.41, 5.74) is 3.07. The number of amides is 1. The molecule has 1 aromatic heterocycles. The van der Waals surface area contributed by atoms with E-state index in [2.05, 4.69) is 10.5 Å². The van der Waals surface area contributed by atoms with Gasteiger partial charge < -0.3 is 9.52 Å². The standard InChI is InChI=1S/C18H18N2O4/c1-11(9-14-7-5-4-6-8-14)17(22)20-19-13(3)16-15(21)10-12(2)24-18(16)23/h4-10,21H,1-3H3,(H,20,22)/b11-9+,19-13?. The van der Waals surface area contributed by atoms with Gasteiger partial charge in [0.15, 0.2) is 0 Å². The predicted octanol–water partition coefficient (Wildman–Crippen LogP) is 2.60. The van der Waals surface area contributed by atoms with Gasteiger partial charge in [-0.25, -0.2) is 10.2 Å².